The van der Waals surface area contributed by atoms with E-state index in [1.807, 2.05) is 31.2 Å². The number of piperidine rings is 1. The van der Waals surface area contributed by atoms with Crippen LogP contribution in [-0.4, -0.2) is 55.2 Å². The lowest BCUT2D eigenvalue weighted by molar-refractivity contribution is 0.187. The van der Waals surface area contributed by atoms with Crippen molar-refractivity contribution >= 4 is 29.9 Å². The molecule has 1 aliphatic heterocycles. The highest BCUT2D eigenvalue weighted by Gasteiger charge is 2.14. The molecule has 0 radical (unpaired) electrons. The third-order valence-corrected chi connectivity index (χ3v) is 5.05. The van der Waals surface area contributed by atoms with E-state index < -0.39 is 6.10 Å². The monoisotopic (exact) mass is 488 g/mol. The molecule has 0 bridgehead atoms. The van der Waals surface area contributed by atoms with Crippen molar-refractivity contribution in [1.82, 2.24) is 15.5 Å². The number of benzene rings is 1. The molecule has 0 spiro atoms. The summed E-state index contributed by atoms with van der Waals surface area (Å²) in [5.74, 6) is 1.67. The van der Waals surface area contributed by atoms with Crippen molar-refractivity contribution in [2.24, 2.45) is 10.9 Å². The number of halogens is 1. The van der Waals surface area contributed by atoms with Crippen LogP contribution in [0.2, 0.25) is 0 Å². The topological polar surface area (TPSA) is 59.9 Å². The molecule has 1 unspecified atom stereocenters. The van der Waals surface area contributed by atoms with Crippen molar-refractivity contribution in [2.75, 3.05) is 39.3 Å². The minimum Gasteiger partial charge on any atom is -0.386 e. The maximum atomic E-state index is 10.3. The number of hydrogen-bond acceptors (Lipinski definition) is 3. The Bertz CT molecular complexity index is 542. The van der Waals surface area contributed by atoms with E-state index in [2.05, 4.69) is 34.4 Å². The fourth-order valence-corrected chi connectivity index (χ4v) is 3.21. The molecular formula is C21H37IN4O. The quantitative estimate of drug-likeness (QED) is 0.228. The number of guanidine groups is 1. The Hall–Kier alpha value is -0.860. The summed E-state index contributed by atoms with van der Waals surface area (Å²) in [6, 6.07) is 7.98. The summed E-state index contributed by atoms with van der Waals surface area (Å²) >= 11 is 0. The van der Waals surface area contributed by atoms with Crippen LogP contribution in [-0.2, 0) is 0 Å². The lowest BCUT2D eigenvalue weighted by Crippen LogP contribution is -2.40. The normalized spacial score (nSPS) is 17.3. The van der Waals surface area contributed by atoms with Gasteiger partial charge in [0.2, 0.25) is 0 Å². The molecule has 1 aliphatic rings. The molecule has 1 fully saturated rings. The van der Waals surface area contributed by atoms with Crippen molar-refractivity contribution in [3.8, 4) is 0 Å². The number of nitrogens with zero attached hydrogens (tertiary/aromatic N) is 2. The van der Waals surface area contributed by atoms with Crippen molar-refractivity contribution < 1.29 is 5.11 Å². The van der Waals surface area contributed by atoms with Gasteiger partial charge >= 0.3 is 0 Å². The van der Waals surface area contributed by atoms with Crippen LogP contribution in [0.1, 0.15) is 50.3 Å². The second-order valence-corrected chi connectivity index (χ2v) is 7.45. The van der Waals surface area contributed by atoms with E-state index in [1.54, 1.807) is 0 Å². The molecule has 1 heterocycles. The zero-order valence-electron chi connectivity index (χ0n) is 17.1. The van der Waals surface area contributed by atoms with Gasteiger partial charge in [-0.25, -0.2) is 0 Å². The number of likely N-dealkylation sites (tertiary alicyclic amines) is 1. The van der Waals surface area contributed by atoms with E-state index in [0.29, 0.717) is 6.54 Å². The van der Waals surface area contributed by atoms with Crippen LogP contribution in [0.5, 0.6) is 0 Å². The third kappa shape index (κ3) is 9.25. The largest absolute Gasteiger partial charge is 0.386 e. The first-order valence-corrected chi connectivity index (χ1v) is 10.1. The standard InChI is InChI=1S/C21H36N4O.HI/c1-4-22-21(23-12-5-13-25-14-10-18(3)11-15-25)24-16-20(26)19-8-6-17(2)7-9-19;/h6-9,18,20,26H,4-5,10-16H2,1-3H3,(H2,22,23,24);1H. The lowest BCUT2D eigenvalue weighted by Gasteiger charge is -2.30. The number of aryl methyl sites for hydroxylation is 1. The molecule has 2 rings (SSSR count). The van der Waals surface area contributed by atoms with Crippen LogP contribution >= 0.6 is 24.0 Å². The predicted molar refractivity (Wildman–Crippen MR) is 125 cm³/mol. The summed E-state index contributed by atoms with van der Waals surface area (Å²) in [6.45, 7) is 12.1. The van der Waals surface area contributed by atoms with E-state index in [4.69, 9.17) is 0 Å². The van der Waals surface area contributed by atoms with Crippen LogP contribution in [0.4, 0.5) is 0 Å². The maximum absolute atomic E-state index is 10.3. The molecule has 1 saturated heterocycles. The zero-order valence-corrected chi connectivity index (χ0v) is 19.4. The van der Waals surface area contributed by atoms with Crippen molar-refractivity contribution in [3.05, 3.63) is 35.4 Å². The predicted octanol–water partition coefficient (Wildman–Crippen LogP) is 3.32. The van der Waals surface area contributed by atoms with Gasteiger partial charge in [0.05, 0.1) is 12.6 Å². The summed E-state index contributed by atoms with van der Waals surface area (Å²) in [7, 11) is 0. The van der Waals surface area contributed by atoms with Crippen molar-refractivity contribution in [1.29, 1.82) is 0 Å². The van der Waals surface area contributed by atoms with Crippen LogP contribution in [0.3, 0.4) is 0 Å². The summed E-state index contributed by atoms with van der Waals surface area (Å²) in [5, 5.41) is 17.0. The van der Waals surface area contributed by atoms with Gasteiger partial charge in [0.25, 0.3) is 0 Å². The molecule has 1 aromatic carbocycles. The van der Waals surface area contributed by atoms with Crippen LogP contribution in [0, 0.1) is 12.8 Å². The molecular weight excluding hydrogens is 451 g/mol. The van der Waals surface area contributed by atoms with Crippen molar-refractivity contribution in [3.63, 3.8) is 0 Å². The third-order valence-electron chi connectivity index (χ3n) is 5.05. The molecule has 5 nitrogen and oxygen atoms in total. The summed E-state index contributed by atoms with van der Waals surface area (Å²) < 4.78 is 0. The minimum absolute atomic E-state index is 0. The number of aliphatic hydroxyl groups excluding tert-OH is 1. The van der Waals surface area contributed by atoms with E-state index in [1.165, 1.54) is 31.5 Å². The first kappa shape index (κ1) is 24.2. The number of hydrogen-bond donors (Lipinski definition) is 3. The van der Waals surface area contributed by atoms with Gasteiger partial charge in [-0.05, 0) is 64.2 Å². The van der Waals surface area contributed by atoms with Gasteiger partial charge < -0.3 is 20.6 Å². The van der Waals surface area contributed by atoms with E-state index in [9.17, 15) is 5.11 Å². The van der Waals surface area contributed by atoms with Gasteiger partial charge in [-0.3, -0.25) is 4.99 Å². The first-order chi connectivity index (χ1) is 12.6. The molecule has 0 amide bonds. The Labute approximate surface area is 182 Å². The average molecular weight is 488 g/mol. The molecule has 0 aliphatic carbocycles. The molecule has 0 saturated carbocycles. The SMILES string of the molecule is CCNC(=NCC(O)c1ccc(C)cc1)NCCCN1CCC(C)CC1.I. The Kier molecular flexibility index (Phi) is 11.9. The van der Waals surface area contributed by atoms with Crippen molar-refractivity contribution in [2.45, 2.75) is 46.1 Å². The molecule has 1 aromatic rings. The Morgan fingerprint density at radius 2 is 1.89 bits per heavy atom. The molecule has 6 heteroatoms. The molecule has 27 heavy (non-hydrogen) atoms. The molecule has 0 aromatic heterocycles. The summed E-state index contributed by atoms with van der Waals surface area (Å²) in [5.41, 5.74) is 2.11. The second-order valence-electron chi connectivity index (χ2n) is 7.45. The van der Waals surface area contributed by atoms with E-state index in [0.717, 1.165) is 43.5 Å². The van der Waals surface area contributed by atoms with E-state index >= 15 is 0 Å². The molecule has 3 N–H and O–H groups in total. The molecule has 1 atom stereocenters. The number of rotatable bonds is 8. The fourth-order valence-electron chi connectivity index (χ4n) is 3.21. The van der Waals surface area contributed by atoms with Gasteiger partial charge in [0.15, 0.2) is 5.96 Å². The maximum Gasteiger partial charge on any atom is 0.191 e. The number of nitrogens with one attached hydrogen (secondary N) is 2. The van der Waals surface area contributed by atoms with Crippen LogP contribution in [0.15, 0.2) is 29.3 Å². The summed E-state index contributed by atoms with van der Waals surface area (Å²) in [6.07, 6.45) is 3.20. The lowest BCUT2D eigenvalue weighted by atomic mass is 9.99. The fraction of sp³-hybridized carbons (Fsp3) is 0.667. The first-order valence-electron chi connectivity index (χ1n) is 10.1. The number of aliphatic hydroxyl groups is 1. The van der Waals surface area contributed by atoms with E-state index in [-0.39, 0.29) is 24.0 Å². The van der Waals surface area contributed by atoms with Gasteiger partial charge in [-0.1, -0.05) is 36.8 Å². The van der Waals surface area contributed by atoms with Gasteiger partial charge in [-0.15, -0.1) is 24.0 Å². The average Bonchev–Trinajstić information content (AvgIpc) is 2.65. The number of aliphatic imine (C=N–C) groups is 1. The highest BCUT2D eigenvalue weighted by Crippen LogP contribution is 2.16. The van der Waals surface area contributed by atoms with Gasteiger partial charge in [-0.2, -0.15) is 0 Å². The molecule has 154 valence electrons. The van der Waals surface area contributed by atoms with Crippen LogP contribution in [0.25, 0.3) is 0 Å². The highest BCUT2D eigenvalue weighted by molar-refractivity contribution is 14.0. The minimum atomic E-state index is -0.568. The van der Waals surface area contributed by atoms with Gasteiger partial charge in [0, 0.05) is 13.1 Å². The summed E-state index contributed by atoms with van der Waals surface area (Å²) in [4.78, 5) is 7.10. The Morgan fingerprint density at radius 3 is 2.52 bits per heavy atom. The second kappa shape index (κ2) is 13.3. The smallest absolute Gasteiger partial charge is 0.191 e. The zero-order chi connectivity index (χ0) is 18.8. The van der Waals surface area contributed by atoms with Gasteiger partial charge in [0.1, 0.15) is 0 Å². The highest BCUT2D eigenvalue weighted by atomic mass is 127. The van der Waals surface area contributed by atoms with Crippen LogP contribution < -0.4 is 10.6 Å². The Balaban J connectivity index is 0.00000364. The Morgan fingerprint density at radius 1 is 1.22 bits per heavy atom.